The Hall–Kier alpha value is -2.26. The summed E-state index contributed by atoms with van der Waals surface area (Å²) >= 11 is 5.90. The molecule has 1 aliphatic rings. The lowest BCUT2D eigenvalue weighted by Crippen LogP contribution is -2.30. The third-order valence-corrected chi connectivity index (χ3v) is 3.85. The van der Waals surface area contributed by atoms with Gasteiger partial charge in [-0.2, -0.15) is 5.26 Å². The minimum atomic E-state index is -0.203. The molecule has 0 aliphatic carbocycles. The van der Waals surface area contributed by atoms with Crippen LogP contribution in [0.15, 0.2) is 24.5 Å². The Bertz CT molecular complexity index is 720. The van der Waals surface area contributed by atoms with Crippen LogP contribution in [-0.4, -0.2) is 39.8 Å². The van der Waals surface area contributed by atoms with Gasteiger partial charge >= 0.3 is 0 Å². The summed E-state index contributed by atoms with van der Waals surface area (Å²) in [5.74, 6) is 0.116. The number of aromatic nitrogens is 2. The molecule has 0 unspecified atom stereocenters. The van der Waals surface area contributed by atoms with Crippen LogP contribution in [0.25, 0.3) is 5.65 Å². The minimum absolute atomic E-state index is 0.203. The number of halogens is 1. The van der Waals surface area contributed by atoms with Crippen LogP contribution in [-0.2, 0) is 0 Å². The van der Waals surface area contributed by atoms with Gasteiger partial charge in [0.25, 0.3) is 5.91 Å². The molecule has 0 aromatic carbocycles. The lowest BCUT2D eigenvalue weighted by molar-refractivity contribution is 0.0943. The Morgan fingerprint density at radius 1 is 1.52 bits per heavy atom. The predicted molar refractivity (Wildman–Crippen MR) is 77.8 cm³/mol. The highest BCUT2D eigenvalue weighted by atomic mass is 35.5. The molecule has 21 heavy (non-hydrogen) atoms. The summed E-state index contributed by atoms with van der Waals surface area (Å²) < 4.78 is 1.73. The second kappa shape index (κ2) is 5.62. The maximum absolute atomic E-state index is 12.1. The van der Waals surface area contributed by atoms with Crippen molar-refractivity contribution < 1.29 is 4.79 Å². The van der Waals surface area contributed by atoms with E-state index in [0.717, 1.165) is 13.0 Å². The average Bonchev–Trinajstić information content (AvgIpc) is 3.10. The highest BCUT2D eigenvalue weighted by molar-refractivity contribution is 6.30. The fraction of sp³-hybridized carbons (Fsp3) is 0.357. The van der Waals surface area contributed by atoms with Gasteiger partial charge in [-0.1, -0.05) is 11.6 Å². The fourth-order valence-electron chi connectivity index (χ4n) is 2.49. The molecule has 1 atom stereocenters. The van der Waals surface area contributed by atoms with E-state index in [9.17, 15) is 4.79 Å². The molecular weight excluding hydrogens is 290 g/mol. The van der Waals surface area contributed by atoms with Crippen LogP contribution in [0.5, 0.6) is 0 Å². The van der Waals surface area contributed by atoms with Gasteiger partial charge in [0.2, 0.25) is 0 Å². The molecule has 3 rings (SSSR count). The molecule has 0 bridgehead atoms. The Balaban J connectivity index is 1.63. The molecule has 0 radical (unpaired) electrons. The quantitative estimate of drug-likeness (QED) is 0.873. The number of imidazole rings is 1. The Morgan fingerprint density at radius 3 is 3.14 bits per heavy atom. The Labute approximate surface area is 126 Å². The summed E-state index contributed by atoms with van der Waals surface area (Å²) in [6.07, 6.45) is 6.42. The van der Waals surface area contributed by atoms with Gasteiger partial charge in [0.05, 0.1) is 5.02 Å². The van der Waals surface area contributed by atoms with Crippen LogP contribution in [0.4, 0.5) is 0 Å². The number of nitrogens with zero attached hydrogens (tertiary/aromatic N) is 4. The van der Waals surface area contributed by atoms with E-state index in [2.05, 4.69) is 16.5 Å². The number of nitriles is 1. The fourth-order valence-corrected chi connectivity index (χ4v) is 2.66. The van der Waals surface area contributed by atoms with E-state index in [4.69, 9.17) is 16.9 Å². The van der Waals surface area contributed by atoms with Crippen molar-refractivity contribution in [1.29, 1.82) is 5.26 Å². The molecule has 1 saturated heterocycles. The molecule has 1 fully saturated rings. The molecule has 7 heteroatoms. The van der Waals surface area contributed by atoms with Crippen LogP contribution in [0.3, 0.4) is 0 Å². The van der Waals surface area contributed by atoms with Crippen molar-refractivity contribution in [1.82, 2.24) is 19.6 Å². The summed E-state index contributed by atoms with van der Waals surface area (Å²) in [6.45, 7) is 2.03. The maximum Gasteiger partial charge on any atom is 0.271 e. The zero-order valence-electron chi connectivity index (χ0n) is 11.3. The van der Waals surface area contributed by atoms with Crippen molar-refractivity contribution in [3.05, 3.63) is 35.2 Å². The normalized spacial score (nSPS) is 17.9. The SMILES string of the molecule is N#CN1CC[C@H](CNC(=O)c2cn3cc(Cl)ccc3n2)C1. The first kappa shape index (κ1) is 13.7. The van der Waals surface area contributed by atoms with Gasteiger partial charge in [-0.15, -0.1) is 0 Å². The number of amides is 1. The largest absolute Gasteiger partial charge is 0.350 e. The number of hydrogen-bond acceptors (Lipinski definition) is 4. The van der Waals surface area contributed by atoms with Crippen molar-refractivity contribution in [2.24, 2.45) is 5.92 Å². The first-order valence-corrected chi connectivity index (χ1v) is 7.10. The summed E-state index contributed by atoms with van der Waals surface area (Å²) in [5.41, 5.74) is 1.05. The standard InChI is InChI=1S/C14H14ClN5O/c15-11-1-2-13-18-12(8-20(13)7-11)14(21)17-5-10-3-4-19(6-10)9-16/h1-2,7-8,10H,3-6H2,(H,17,21)/t10-/m1/s1. The predicted octanol–water partition coefficient (Wildman–Crippen LogP) is 1.52. The van der Waals surface area contributed by atoms with E-state index in [0.29, 0.717) is 35.4 Å². The smallest absolute Gasteiger partial charge is 0.271 e. The lowest BCUT2D eigenvalue weighted by atomic mass is 10.1. The van der Waals surface area contributed by atoms with E-state index in [-0.39, 0.29) is 5.91 Å². The van der Waals surface area contributed by atoms with Gasteiger partial charge in [-0.05, 0) is 24.5 Å². The molecule has 0 saturated carbocycles. The van der Waals surface area contributed by atoms with E-state index in [1.807, 2.05) is 0 Å². The monoisotopic (exact) mass is 303 g/mol. The zero-order valence-corrected chi connectivity index (χ0v) is 12.0. The van der Waals surface area contributed by atoms with Crippen LogP contribution in [0.2, 0.25) is 5.02 Å². The first-order valence-electron chi connectivity index (χ1n) is 6.73. The second-order valence-electron chi connectivity index (χ2n) is 5.15. The number of carbonyl (C=O) groups excluding carboxylic acids is 1. The zero-order chi connectivity index (χ0) is 14.8. The molecule has 1 N–H and O–H groups in total. The summed E-state index contributed by atoms with van der Waals surface area (Å²) in [5, 5.41) is 12.3. The molecule has 108 valence electrons. The van der Waals surface area contributed by atoms with Crippen molar-refractivity contribution in [3.8, 4) is 6.19 Å². The van der Waals surface area contributed by atoms with E-state index < -0.39 is 0 Å². The van der Waals surface area contributed by atoms with Gasteiger partial charge in [-0.3, -0.25) is 4.79 Å². The number of carbonyl (C=O) groups is 1. The van der Waals surface area contributed by atoms with Crippen LogP contribution >= 0.6 is 11.6 Å². The van der Waals surface area contributed by atoms with Crippen molar-refractivity contribution in [2.75, 3.05) is 19.6 Å². The van der Waals surface area contributed by atoms with Crippen molar-refractivity contribution in [2.45, 2.75) is 6.42 Å². The minimum Gasteiger partial charge on any atom is -0.350 e. The van der Waals surface area contributed by atoms with Crippen LogP contribution < -0.4 is 5.32 Å². The first-order chi connectivity index (χ1) is 10.2. The molecule has 2 aromatic rings. The van der Waals surface area contributed by atoms with E-state index >= 15 is 0 Å². The van der Waals surface area contributed by atoms with E-state index in [1.54, 1.807) is 33.8 Å². The third-order valence-electron chi connectivity index (χ3n) is 3.63. The highest BCUT2D eigenvalue weighted by Gasteiger charge is 2.22. The van der Waals surface area contributed by atoms with Crippen molar-refractivity contribution in [3.63, 3.8) is 0 Å². The number of fused-ring (bicyclic) bond motifs is 1. The molecule has 6 nitrogen and oxygen atoms in total. The number of likely N-dealkylation sites (tertiary alicyclic amines) is 1. The van der Waals surface area contributed by atoms with Gasteiger partial charge in [0.15, 0.2) is 6.19 Å². The number of hydrogen-bond donors (Lipinski definition) is 1. The summed E-state index contributed by atoms with van der Waals surface area (Å²) in [7, 11) is 0. The van der Waals surface area contributed by atoms with Gasteiger partial charge in [0, 0.05) is 32.0 Å². The topological polar surface area (TPSA) is 73.4 Å². The van der Waals surface area contributed by atoms with E-state index in [1.165, 1.54) is 0 Å². The van der Waals surface area contributed by atoms with Crippen molar-refractivity contribution >= 4 is 23.2 Å². The molecule has 1 aliphatic heterocycles. The van der Waals surface area contributed by atoms with Crippen LogP contribution in [0, 0.1) is 17.4 Å². The van der Waals surface area contributed by atoms with Gasteiger partial charge < -0.3 is 14.6 Å². The molecule has 3 heterocycles. The highest BCUT2D eigenvalue weighted by Crippen LogP contribution is 2.15. The summed E-state index contributed by atoms with van der Waals surface area (Å²) in [6, 6.07) is 3.50. The molecular formula is C14H14ClN5O. The lowest BCUT2D eigenvalue weighted by Gasteiger charge is -2.10. The number of rotatable bonds is 3. The Morgan fingerprint density at radius 2 is 2.38 bits per heavy atom. The third kappa shape index (κ3) is 2.93. The van der Waals surface area contributed by atoms with Crippen LogP contribution in [0.1, 0.15) is 16.9 Å². The van der Waals surface area contributed by atoms with Gasteiger partial charge in [-0.25, -0.2) is 4.98 Å². The maximum atomic E-state index is 12.1. The van der Waals surface area contributed by atoms with Gasteiger partial charge in [0.1, 0.15) is 11.3 Å². The number of nitrogens with one attached hydrogen (secondary N) is 1. The Kier molecular flexibility index (Phi) is 3.67. The molecule has 0 spiro atoms. The molecule has 2 aromatic heterocycles. The number of pyridine rings is 1. The summed E-state index contributed by atoms with van der Waals surface area (Å²) in [4.78, 5) is 18.1. The average molecular weight is 304 g/mol. The molecule has 1 amide bonds. The second-order valence-corrected chi connectivity index (χ2v) is 5.59.